The van der Waals surface area contributed by atoms with Gasteiger partial charge in [0.15, 0.2) is 5.88 Å². The molecule has 4 fully saturated rings. The van der Waals surface area contributed by atoms with Crippen molar-refractivity contribution in [3.63, 3.8) is 0 Å². The van der Waals surface area contributed by atoms with Crippen molar-refractivity contribution in [3.8, 4) is 5.88 Å². The molecule has 0 spiro atoms. The van der Waals surface area contributed by atoms with Gasteiger partial charge >= 0.3 is 12.1 Å². The first kappa shape index (κ1) is 30.1. The Hall–Kier alpha value is -3.56. The van der Waals surface area contributed by atoms with E-state index in [4.69, 9.17) is 14.2 Å². The van der Waals surface area contributed by atoms with Crippen LogP contribution in [-0.4, -0.2) is 65.4 Å². The summed E-state index contributed by atoms with van der Waals surface area (Å²) in [4.78, 5) is 56.0. The topological polar surface area (TPSA) is 116 Å². The fourth-order valence-corrected chi connectivity index (χ4v) is 8.60. The average Bonchev–Trinajstić information content (AvgIpc) is 3.43. The quantitative estimate of drug-likeness (QED) is 0.481. The minimum absolute atomic E-state index is 0.0332. The SMILES string of the molecule is COC(=O)[C@@H]1C[C@@H]2CN1C(=O)[C@H](C1CCCC1)NC(=O)O[C@@H]1CCCC1CCCC1CC1Cn1c(cc3ccccc3c1=O)O2. The van der Waals surface area contributed by atoms with E-state index in [1.165, 1.54) is 12.0 Å². The third kappa shape index (κ3) is 6.17. The van der Waals surface area contributed by atoms with Crippen LogP contribution in [0.4, 0.5) is 4.79 Å². The van der Waals surface area contributed by atoms with Crippen LogP contribution in [0.3, 0.4) is 0 Å². The van der Waals surface area contributed by atoms with Crippen LogP contribution in [-0.2, 0) is 25.6 Å². The van der Waals surface area contributed by atoms with Crippen molar-refractivity contribution in [2.75, 3.05) is 13.7 Å². The molecule has 0 radical (unpaired) electrons. The van der Waals surface area contributed by atoms with Gasteiger partial charge in [0, 0.05) is 24.4 Å². The van der Waals surface area contributed by atoms with Crippen molar-refractivity contribution in [1.29, 1.82) is 0 Å². The summed E-state index contributed by atoms with van der Waals surface area (Å²) >= 11 is 0. The lowest BCUT2D eigenvalue weighted by Crippen LogP contribution is -2.55. The molecule has 3 saturated carbocycles. The first-order valence-corrected chi connectivity index (χ1v) is 17.0. The Morgan fingerprint density at radius 2 is 1.58 bits per heavy atom. The summed E-state index contributed by atoms with van der Waals surface area (Å²) < 4.78 is 19.5. The van der Waals surface area contributed by atoms with Gasteiger partial charge in [-0.1, -0.05) is 43.9 Å². The summed E-state index contributed by atoms with van der Waals surface area (Å²) in [5, 5.41) is 4.41. The summed E-state index contributed by atoms with van der Waals surface area (Å²) in [5.41, 5.74) is -0.0787. The predicted octanol–water partition coefficient (Wildman–Crippen LogP) is 4.80. The standard InChI is InChI=1S/C35H45N3O7/c1-43-34(41)28-18-26-20-37(28)33(40)31(22-8-2-3-9-22)36-35(42)45-29-15-7-12-21(29)11-6-13-23-16-25(23)19-38-30(44-26)17-24-10-4-5-14-27(24)32(38)39/h4-5,10,14,17,21-23,25-26,28-29,31H,2-3,6-9,11-13,15-16,18-20H2,1H3,(H,36,42)/t21?,23?,25?,26-,28+,29-,31+/m1/s1. The second-order valence-electron chi connectivity index (χ2n) is 14.0. The van der Waals surface area contributed by atoms with E-state index in [1.807, 2.05) is 30.3 Å². The highest BCUT2D eigenvalue weighted by atomic mass is 16.6. The van der Waals surface area contributed by atoms with E-state index in [2.05, 4.69) is 5.32 Å². The number of nitrogens with zero attached hydrogens (tertiary/aromatic N) is 2. The van der Waals surface area contributed by atoms with E-state index >= 15 is 0 Å². The van der Waals surface area contributed by atoms with E-state index in [9.17, 15) is 19.2 Å². The van der Waals surface area contributed by atoms with Crippen LogP contribution < -0.4 is 15.6 Å². The maximum atomic E-state index is 14.3. The zero-order chi connectivity index (χ0) is 31.1. The number of nitrogens with one attached hydrogen (secondary N) is 1. The maximum absolute atomic E-state index is 14.3. The van der Waals surface area contributed by atoms with Crippen LogP contribution in [0, 0.1) is 23.7 Å². The number of alkyl carbamates (subject to hydrolysis) is 1. The van der Waals surface area contributed by atoms with Crippen molar-refractivity contribution >= 4 is 28.7 Å². The lowest BCUT2D eigenvalue weighted by molar-refractivity contribution is -0.152. The largest absolute Gasteiger partial charge is 0.473 e. The van der Waals surface area contributed by atoms with Gasteiger partial charge in [0.1, 0.15) is 24.3 Å². The molecule has 1 N–H and O–H groups in total. The van der Waals surface area contributed by atoms with Gasteiger partial charge in [-0.15, -0.1) is 0 Å². The molecule has 45 heavy (non-hydrogen) atoms. The Morgan fingerprint density at radius 1 is 0.844 bits per heavy atom. The fraction of sp³-hybridized carbons (Fsp3) is 0.657. The molecule has 3 heterocycles. The van der Waals surface area contributed by atoms with Crippen LogP contribution in [0.5, 0.6) is 5.88 Å². The molecular weight excluding hydrogens is 574 g/mol. The first-order chi connectivity index (χ1) is 21.9. The average molecular weight is 620 g/mol. The minimum atomic E-state index is -0.854. The predicted molar refractivity (Wildman–Crippen MR) is 167 cm³/mol. The highest BCUT2D eigenvalue weighted by Crippen LogP contribution is 2.45. The number of hydrogen-bond acceptors (Lipinski definition) is 7. The molecule has 1 aromatic carbocycles. The summed E-state index contributed by atoms with van der Waals surface area (Å²) in [6, 6.07) is 7.80. The van der Waals surface area contributed by atoms with Gasteiger partial charge in [-0.25, -0.2) is 9.59 Å². The lowest BCUT2D eigenvalue weighted by atomic mass is 9.96. The summed E-state index contributed by atoms with van der Waals surface area (Å²) in [6.45, 7) is 0.729. The Balaban J connectivity index is 1.23. The van der Waals surface area contributed by atoms with Gasteiger partial charge in [0.05, 0.1) is 13.7 Å². The molecule has 2 amide bonds. The zero-order valence-electron chi connectivity index (χ0n) is 26.2. The van der Waals surface area contributed by atoms with Crippen LogP contribution >= 0.6 is 0 Å². The Morgan fingerprint density at radius 3 is 2.38 bits per heavy atom. The molecule has 1 aromatic heterocycles. The van der Waals surface area contributed by atoms with E-state index < -0.39 is 30.3 Å². The molecule has 2 aromatic rings. The van der Waals surface area contributed by atoms with Gasteiger partial charge in [-0.2, -0.15) is 0 Å². The molecule has 10 heteroatoms. The van der Waals surface area contributed by atoms with Crippen molar-refractivity contribution in [2.24, 2.45) is 23.7 Å². The van der Waals surface area contributed by atoms with Crippen LogP contribution in [0.1, 0.15) is 77.0 Å². The molecule has 7 atom stereocenters. The van der Waals surface area contributed by atoms with E-state index in [-0.39, 0.29) is 36.5 Å². The number of carbonyl (C=O) groups is 3. The van der Waals surface area contributed by atoms with E-state index in [1.54, 1.807) is 4.57 Å². The van der Waals surface area contributed by atoms with Gasteiger partial charge in [0.2, 0.25) is 5.91 Å². The van der Waals surface area contributed by atoms with Gasteiger partial charge in [0.25, 0.3) is 5.56 Å². The monoisotopic (exact) mass is 619 g/mol. The number of fused-ring (bicyclic) bond motifs is 6. The highest BCUT2D eigenvalue weighted by molar-refractivity contribution is 5.90. The van der Waals surface area contributed by atoms with E-state index in [0.29, 0.717) is 35.6 Å². The Labute approximate surface area is 263 Å². The molecule has 7 rings (SSSR count). The number of rotatable bonds is 2. The number of pyridine rings is 1. The van der Waals surface area contributed by atoms with Crippen molar-refractivity contribution in [2.45, 2.75) is 108 Å². The first-order valence-electron chi connectivity index (χ1n) is 17.0. The van der Waals surface area contributed by atoms with Crippen LogP contribution in [0.2, 0.25) is 0 Å². The number of carbonyl (C=O) groups excluding carboxylic acids is 3. The van der Waals surface area contributed by atoms with Crippen LogP contribution in [0.25, 0.3) is 10.8 Å². The minimum Gasteiger partial charge on any atom is -0.473 e. The molecule has 2 bridgehead atoms. The van der Waals surface area contributed by atoms with Crippen molar-refractivity contribution in [1.82, 2.24) is 14.8 Å². The summed E-state index contributed by atoms with van der Waals surface area (Å²) in [6.07, 6.45) is 9.80. The third-order valence-corrected chi connectivity index (χ3v) is 11.2. The number of esters is 1. The number of benzene rings is 1. The van der Waals surface area contributed by atoms with Gasteiger partial charge < -0.3 is 24.4 Å². The molecule has 5 aliphatic rings. The lowest BCUT2D eigenvalue weighted by Gasteiger charge is -2.31. The molecule has 3 aliphatic carbocycles. The van der Waals surface area contributed by atoms with Gasteiger partial charge in [-0.3, -0.25) is 14.2 Å². The zero-order valence-corrected chi connectivity index (χ0v) is 26.2. The second kappa shape index (κ2) is 12.7. The number of amides is 2. The Kier molecular flexibility index (Phi) is 8.48. The number of ether oxygens (including phenoxy) is 3. The maximum Gasteiger partial charge on any atom is 0.408 e. The third-order valence-electron chi connectivity index (χ3n) is 11.2. The molecule has 10 nitrogen and oxygen atoms in total. The molecule has 3 unspecified atom stereocenters. The van der Waals surface area contributed by atoms with Crippen molar-refractivity contribution in [3.05, 3.63) is 40.7 Å². The normalized spacial score (nSPS) is 32.6. The second-order valence-corrected chi connectivity index (χ2v) is 14.0. The molecular formula is C35H45N3O7. The van der Waals surface area contributed by atoms with E-state index in [0.717, 1.165) is 76.0 Å². The number of hydrogen-bond donors (Lipinski definition) is 1. The summed E-state index contributed by atoms with van der Waals surface area (Å²) in [7, 11) is 1.32. The van der Waals surface area contributed by atoms with Gasteiger partial charge in [-0.05, 0) is 80.1 Å². The molecule has 242 valence electrons. The smallest absolute Gasteiger partial charge is 0.408 e. The molecule has 2 aliphatic heterocycles. The number of methoxy groups -OCH3 is 1. The number of aromatic nitrogens is 1. The highest BCUT2D eigenvalue weighted by Gasteiger charge is 2.46. The Bertz CT molecular complexity index is 1500. The van der Waals surface area contributed by atoms with Crippen molar-refractivity contribution < 1.29 is 28.6 Å². The summed E-state index contributed by atoms with van der Waals surface area (Å²) in [5.74, 6) is 0.876. The van der Waals surface area contributed by atoms with Crippen LogP contribution in [0.15, 0.2) is 35.1 Å². The fourth-order valence-electron chi connectivity index (χ4n) is 8.60. The molecule has 1 saturated heterocycles.